The van der Waals surface area contributed by atoms with Crippen molar-refractivity contribution in [2.45, 2.75) is 6.42 Å². The van der Waals surface area contributed by atoms with Gasteiger partial charge in [-0.05, 0) is 18.7 Å². The molecular formula is C11H13ClN4. The maximum absolute atomic E-state index is 6.20. The Bertz CT molecular complexity index is 478. The van der Waals surface area contributed by atoms with Gasteiger partial charge < -0.3 is 10.3 Å². The minimum Gasteiger partial charge on any atom is -0.330 e. The molecule has 0 atom stereocenters. The summed E-state index contributed by atoms with van der Waals surface area (Å²) in [6.07, 6.45) is 2.44. The van der Waals surface area contributed by atoms with Crippen LogP contribution < -0.4 is 5.73 Å². The summed E-state index contributed by atoms with van der Waals surface area (Å²) < 4.78 is 1.85. The first-order valence-corrected chi connectivity index (χ1v) is 5.44. The molecule has 0 spiro atoms. The third-order valence-corrected chi connectivity index (χ3v) is 2.83. The van der Waals surface area contributed by atoms with Crippen molar-refractivity contribution < 1.29 is 0 Å². The quantitative estimate of drug-likeness (QED) is 0.882. The molecule has 2 rings (SSSR count). The molecule has 0 aliphatic rings. The fourth-order valence-corrected chi connectivity index (χ4v) is 1.78. The molecule has 0 unspecified atom stereocenters. The van der Waals surface area contributed by atoms with Gasteiger partial charge in [-0.15, -0.1) is 0 Å². The van der Waals surface area contributed by atoms with Crippen molar-refractivity contribution in [2.24, 2.45) is 12.8 Å². The van der Waals surface area contributed by atoms with E-state index in [0.717, 1.165) is 11.5 Å². The Hall–Kier alpha value is -1.39. The van der Waals surface area contributed by atoms with Crippen molar-refractivity contribution in [3.05, 3.63) is 35.4 Å². The van der Waals surface area contributed by atoms with Crippen LogP contribution >= 0.6 is 11.6 Å². The number of hydrogen-bond acceptors (Lipinski definition) is 3. The lowest BCUT2D eigenvalue weighted by molar-refractivity contribution is 0.778. The second kappa shape index (κ2) is 4.63. The first kappa shape index (κ1) is 11.1. The number of aromatic nitrogens is 3. The molecule has 0 saturated heterocycles. The molecule has 0 saturated carbocycles. The van der Waals surface area contributed by atoms with E-state index in [4.69, 9.17) is 17.3 Å². The molecule has 0 aliphatic heterocycles. The lowest BCUT2D eigenvalue weighted by Crippen LogP contribution is -2.07. The molecule has 4 nitrogen and oxygen atoms in total. The van der Waals surface area contributed by atoms with Gasteiger partial charge in [0.15, 0.2) is 0 Å². The van der Waals surface area contributed by atoms with Gasteiger partial charge in [-0.25, -0.2) is 4.98 Å². The fourth-order valence-electron chi connectivity index (χ4n) is 1.54. The Morgan fingerprint density at radius 3 is 2.88 bits per heavy atom. The van der Waals surface area contributed by atoms with Crippen molar-refractivity contribution in [3.63, 3.8) is 0 Å². The monoisotopic (exact) mass is 236 g/mol. The fraction of sp³-hybridized carbons (Fsp3) is 0.273. The summed E-state index contributed by atoms with van der Waals surface area (Å²) in [7, 11) is 1.88. The molecule has 0 bridgehead atoms. The molecule has 5 heteroatoms. The van der Waals surface area contributed by atoms with Gasteiger partial charge in [0.2, 0.25) is 0 Å². The van der Waals surface area contributed by atoms with Gasteiger partial charge in [0.05, 0.1) is 5.69 Å². The predicted octanol–water partition coefficient (Wildman–Crippen LogP) is 1.64. The van der Waals surface area contributed by atoms with Crippen LogP contribution in [0, 0.1) is 0 Å². The zero-order valence-electron chi connectivity index (χ0n) is 9.02. The van der Waals surface area contributed by atoms with Crippen molar-refractivity contribution in [1.29, 1.82) is 0 Å². The molecule has 2 N–H and O–H groups in total. The summed E-state index contributed by atoms with van der Waals surface area (Å²) >= 11 is 6.20. The van der Waals surface area contributed by atoms with Crippen molar-refractivity contribution in [1.82, 2.24) is 14.5 Å². The molecule has 2 heterocycles. The van der Waals surface area contributed by atoms with Crippen molar-refractivity contribution in [2.75, 3.05) is 6.54 Å². The number of nitrogens with zero attached hydrogens (tertiary/aromatic N) is 3. The molecular weight excluding hydrogens is 224 g/mol. The Kier molecular flexibility index (Phi) is 3.22. The summed E-state index contributed by atoms with van der Waals surface area (Å²) in [5, 5.41) is 0.599. The Morgan fingerprint density at radius 1 is 1.44 bits per heavy atom. The summed E-state index contributed by atoms with van der Waals surface area (Å²) in [6, 6.07) is 5.66. The molecule has 16 heavy (non-hydrogen) atoms. The molecule has 0 aliphatic carbocycles. The van der Waals surface area contributed by atoms with E-state index in [9.17, 15) is 0 Å². The maximum Gasteiger partial charge on any atom is 0.138 e. The highest BCUT2D eigenvalue weighted by Crippen LogP contribution is 2.25. The summed E-state index contributed by atoms with van der Waals surface area (Å²) in [5.41, 5.74) is 7.02. The van der Waals surface area contributed by atoms with E-state index in [2.05, 4.69) is 9.97 Å². The SMILES string of the molecule is Cn1c(CCN)nc(-c2ccccn2)c1Cl. The number of rotatable bonds is 3. The van der Waals surface area contributed by atoms with E-state index >= 15 is 0 Å². The normalized spacial score (nSPS) is 10.7. The molecule has 84 valence electrons. The van der Waals surface area contributed by atoms with Crippen LogP contribution in [0.3, 0.4) is 0 Å². The van der Waals surface area contributed by atoms with Gasteiger partial charge in [-0.3, -0.25) is 4.98 Å². The van der Waals surface area contributed by atoms with Crippen LogP contribution in [0.25, 0.3) is 11.4 Å². The number of halogens is 1. The van der Waals surface area contributed by atoms with Crippen LogP contribution in [-0.4, -0.2) is 21.1 Å². The number of pyridine rings is 1. The van der Waals surface area contributed by atoms with Crippen molar-refractivity contribution >= 4 is 11.6 Å². The topological polar surface area (TPSA) is 56.7 Å². The molecule has 0 fully saturated rings. The standard InChI is InChI=1S/C11H13ClN4/c1-16-9(5-6-13)15-10(11(16)12)8-4-2-3-7-14-8/h2-4,7H,5-6,13H2,1H3. The lowest BCUT2D eigenvalue weighted by Gasteiger charge is -1.98. The molecule has 2 aromatic rings. The van der Waals surface area contributed by atoms with E-state index in [1.165, 1.54) is 0 Å². The van der Waals surface area contributed by atoms with Gasteiger partial charge in [0, 0.05) is 19.7 Å². The minimum absolute atomic E-state index is 0.558. The minimum atomic E-state index is 0.558. The Labute approximate surface area is 99.1 Å². The average Bonchev–Trinajstić information content (AvgIpc) is 2.59. The van der Waals surface area contributed by atoms with Crippen LogP contribution in [0.5, 0.6) is 0 Å². The Morgan fingerprint density at radius 2 is 2.25 bits per heavy atom. The van der Waals surface area contributed by atoms with Gasteiger partial charge in [0.25, 0.3) is 0 Å². The second-order valence-corrected chi connectivity index (χ2v) is 3.84. The summed E-state index contributed by atoms with van der Waals surface area (Å²) in [5.74, 6) is 0.883. The van der Waals surface area contributed by atoms with Gasteiger partial charge >= 0.3 is 0 Å². The predicted molar refractivity (Wildman–Crippen MR) is 64.2 cm³/mol. The molecule has 0 amide bonds. The van der Waals surface area contributed by atoms with Crippen molar-refractivity contribution in [3.8, 4) is 11.4 Å². The summed E-state index contributed by atoms with van der Waals surface area (Å²) in [4.78, 5) is 8.69. The van der Waals surface area contributed by atoms with Crippen LogP contribution in [-0.2, 0) is 13.5 Å². The van der Waals surface area contributed by atoms with Crippen LogP contribution in [0.15, 0.2) is 24.4 Å². The smallest absolute Gasteiger partial charge is 0.138 e. The third-order valence-electron chi connectivity index (χ3n) is 2.39. The highest BCUT2D eigenvalue weighted by atomic mass is 35.5. The Balaban J connectivity index is 2.46. The van der Waals surface area contributed by atoms with Gasteiger partial charge in [0.1, 0.15) is 16.7 Å². The number of nitrogens with two attached hydrogens (primary N) is 1. The third kappa shape index (κ3) is 1.94. The zero-order valence-corrected chi connectivity index (χ0v) is 9.78. The van der Waals surface area contributed by atoms with E-state index in [-0.39, 0.29) is 0 Å². The highest BCUT2D eigenvalue weighted by Gasteiger charge is 2.14. The van der Waals surface area contributed by atoms with Crippen LogP contribution in [0.4, 0.5) is 0 Å². The van der Waals surface area contributed by atoms with E-state index < -0.39 is 0 Å². The van der Waals surface area contributed by atoms with Crippen LogP contribution in [0.1, 0.15) is 5.82 Å². The first-order chi connectivity index (χ1) is 7.74. The first-order valence-electron chi connectivity index (χ1n) is 5.06. The largest absolute Gasteiger partial charge is 0.330 e. The van der Waals surface area contributed by atoms with E-state index in [0.29, 0.717) is 23.8 Å². The molecule has 0 aromatic carbocycles. The van der Waals surface area contributed by atoms with Gasteiger partial charge in [-0.2, -0.15) is 0 Å². The molecule has 0 radical (unpaired) electrons. The second-order valence-electron chi connectivity index (χ2n) is 3.48. The van der Waals surface area contributed by atoms with E-state index in [1.807, 2.05) is 29.8 Å². The number of imidazole rings is 1. The van der Waals surface area contributed by atoms with Crippen LogP contribution in [0.2, 0.25) is 5.15 Å². The lowest BCUT2D eigenvalue weighted by atomic mass is 10.3. The van der Waals surface area contributed by atoms with E-state index in [1.54, 1.807) is 6.20 Å². The zero-order chi connectivity index (χ0) is 11.5. The average molecular weight is 237 g/mol. The maximum atomic E-state index is 6.20. The number of hydrogen-bond donors (Lipinski definition) is 1. The highest BCUT2D eigenvalue weighted by molar-refractivity contribution is 6.32. The molecule has 2 aromatic heterocycles. The van der Waals surface area contributed by atoms with Gasteiger partial charge in [-0.1, -0.05) is 17.7 Å². The summed E-state index contributed by atoms with van der Waals surface area (Å²) in [6.45, 7) is 0.558.